The monoisotopic (exact) mass is 459 g/mol. The van der Waals surface area contributed by atoms with Crippen LogP contribution in [0.15, 0.2) is 54.7 Å². The average molecular weight is 460 g/mol. The standard InChI is InChI=1S/C25H25N5O2S/c1-15-8-11-22(33-15)25(32)28-17-5-4-6-18(14-17)30-21-10-9-16(23(26)31)13-20(21)29-24(30)19-7-2-3-12-27-19/h2-3,7-13,17-18H,4-6,14H2,1H3,(H2,26,31)(H,28,32). The number of carbonyl (C=O) groups excluding carboxylic acids is 2. The summed E-state index contributed by atoms with van der Waals surface area (Å²) in [7, 11) is 0. The lowest BCUT2D eigenvalue weighted by atomic mass is 9.90. The van der Waals surface area contributed by atoms with Crippen LogP contribution in [0.25, 0.3) is 22.6 Å². The molecule has 0 bridgehead atoms. The molecule has 8 heteroatoms. The number of fused-ring (bicyclic) bond motifs is 1. The number of benzene rings is 1. The van der Waals surface area contributed by atoms with E-state index in [9.17, 15) is 9.59 Å². The van der Waals surface area contributed by atoms with Gasteiger partial charge in [0.15, 0.2) is 5.82 Å². The molecule has 2 amide bonds. The Balaban J connectivity index is 1.49. The molecule has 3 aromatic heterocycles. The van der Waals surface area contributed by atoms with Gasteiger partial charge in [-0.05, 0) is 75.1 Å². The van der Waals surface area contributed by atoms with Crippen molar-refractivity contribution in [3.05, 3.63) is 70.0 Å². The van der Waals surface area contributed by atoms with Gasteiger partial charge in [-0.2, -0.15) is 0 Å². The molecule has 1 aromatic carbocycles. The van der Waals surface area contributed by atoms with Crippen LogP contribution in [0.1, 0.15) is 56.6 Å². The molecule has 7 nitrogen and oxygen atoms in total. The van der Waals surface area contributed by atoms with Gasteiger partial charge in [0.1, 0.15) is 5.69 Å². The van der Waals surface area contributed by atoms with Gasteiger partial charge in [0, 0.05) is 28.7 Å². The predicted molar refractivity (Wildman–Crippen MR) is 129 cm³/mol. The fourth-order valence-electron chi connectivity index (χ4n) is 4.64. The van der Waals surface area contributed by atoms with Gasteiger partial charge in [-0.15, -0.1) is 11.3 Å². The first kappa shape index (κ1) is 21.3. The molecular formula is C25H25N5O2S. The lowest BCUT2D eigenvalue weighted by molar-refractivity contribution is 0.0924. The molecule has 5 rings (SSSR count). The zero-order valence-electron chi connectivity index (χ0n) is 18.3. The van der Waals surface area contributed by atoms with Crippen molar-refractivity contribution in [2.75, 3.05) is 0 Å². The molecular weight excluding hydrogens is 434 g/mol. The molecule has 2 unspecified atom stereocenters. The van der Waals surface area contributed by atoms with Crippen LogP contribution in [0, 0.1) is 6.92 Å². The van der Waals surface area contributed by atoms with Crippen molar-refractivity contribution in [3.63, 3.8) is 0 Å². The number of amides is 2. The van der Waals surface area contributed by atoms with Gasteiger partial charge in [-0.3, -0.25) is 14.6 Å². The molecule has 2 atom stereocenters. The normalized spacial score (nSPS) is 18.3. The number of primary amides is 1. The van der Waals surface area contributed by atoms with E-state index in [1.54, 1.807) is 18.3 Å². The van der Waals surface area contributed by atoms with E-state index >= 15 is 0 Å². The summed E-state index contributed by atoms with van der Waals surface area (Å²) < 4.78 is 2.22. The van der Waals surface area contributed by atoms with E-state index in [2.05, 4.69) is 14.9 Å². The molecule has 4 aromatic rings. The van der Waals surface area contributed by atoms with Crippen molar-refractivity contribution in [1.82, 2.24) is 19.9 Å². The van der Waals surface area contributed by atoms with Gasteiger partial charge in [-0.1, -0.05) is 6.07 Å². The van der Waals surface area contributed by atoms with Crippen LogP contribution in [-0.4, -0.2) is 32.4 Å². The Morgan fingerprint density at radius 3 is 2.76 bits per heavy atom. The first-order valence-electron chi connectivity index (χ1n) is 11.1. The van der Waals surface area contributed by atoms with Crippen molar-refractivity contribution in [2.45, 2.75) is 44.7 Å². The summed E-state index contributed by atoms with van der Waals surface area (Å²) >= 11 is 1.51. The molecule has 1 aliphatic rings. The molecule has 1 aliphatic carbocycles. The van der Waals surface area contributed by atoms with E-state index < -0.39 is 5.91 Å². The van der Waals surface area contributed by atoms with Crippen molar-refractivity contribution >= 4 is 34.2 Å². The van der Waals surface area contributed by atoms with Gasteiger partial charge >= 0.3 is 0 Å². The first-order chi connectivity index (χ1) is 16.0. The van der Waals surface area contributed by atoms with Gasteiger partial charge in [0.05, 0.1) is 15.9 Å². The van der Waals surface area contributed by atoms with Gasteiger partial charge < -0.3 is 15.6 Å². The van der Waals surface area contributed by atoms with Crippen LogP contribution < -0.4 is 11.1 Å². The fraction of sp³-hybridized carbons (Fsp3) is 0.280. The molecule has 3 heterocycles. The Morgan fingerprint density at radius 2 is 2.03 bits per heavy atom. The van der Waals surface area contributed by atoms with Crippen LogP contribution >= 0.6 is 11.3 Å². The van der Waals surface area contributed by atoms with Gasteiger partial charge in [0.2, 0.25) is 5.91 Å². The molecule has 0 radical (unpaired) electrons. The minimum Gasteiger partial charge on any atom is -0.366 e. The smallest absolute Gasteiger partial charge is 0.261 e. The van der Waals surface area contributed by atoms with E-state index in [0.29, 0.717) is 11.1 Å². The number of pyridine rings is 1. The quantitative estimate of drug-likeness (QED) is 0.459. The summed E-state index contributed by atoms with van der Waals surface area (Å²) in [4.78, 5) is 35.7. The topological polar surface area (TPSA) is 103 Å². The Kier molecular flexibility index (Phi) is 5.68. The number of nitrogens with zero attached hydrogens (tertiary/aromatic N) is 3. The van der Waals surface area contributed by atoms with Crippen molar-refractivity contribution in [1.29, 1.82) is 0 Å². The summed E-state index contributed by atoms with van der Waals surface area (Å²) in [5.74, 6) is 0.276. The second-order valence-electron chi connectivity index (χ2n) is 8.49. The van der Waals surface area contributed by atoms with E-state index in [1.165, 1.54) is 11.3 Å². The second kappa shape index (κ2) is 8.78. The third-order valence-electron chi connectivity index (χ3n) is 6.18. The Bertz CT molecular complexity index is 1330. The highest BCUT2D eigenvalue weighted by Gasteiger charge is 2.29. The SMILES string of the molecule is Cc1ccc(C(=O)NC2CCCC(n3c(-c4ccccn4)nc4cc(C(N)=O)ccc43)C2)s1. The minimum atomic E-state index is -0.477. The number of nitrogens with one attached hydrogen (secondary N) is 1. The molecule has 1 saturated carbocycles. The zero-order chi connectivity index (χ0) is 22.9. The summed E-state index contributed by atoms with van der Waals surface area (Å²) in [5, 5.41) is 3.23. The lowest BCUT2D eigenvalue weighted by Crippen LogP contribution is -2.38. The summed E-state index contributed by atoms with van der Waals surface area (Å²) in [6.07, 6.45) is 5.48. The van der Waals surface area contributed by atoms with Crippen LogP contribution in [0.3, 0.4) is 0 Å². The van der Waals surface area contributed by atoms with Gasteiger partial charge in [0.25, 0.3) is 5.91 Å². The van der Waals surface area contributed by atoms with E-state index in [4.69, 9.17) is 10.7 Å². The number of aromatic nitrogens is 3. The van der Waals surface area contributed by atoms with Gasteiger partial charge in [-0.25, -0.2) is 4.98 Å². The van der Waals surface area contributed by atoms with Crippen LogP contribution in [0.5, 0.6) is 0 Å². The maximum atomic E-state index is 12.7. The van der Waals surface area contributed by atoms with Crippen LogP contribution in [0.4, 0.5) is 0 Å². The summed E-state index contributed by atoms with van der Waals surface area (Å²) in [6, 6.07) is 15.2. The Labute approximate surface area is 195 Å². The Hall–Kier alpha value is -3.52. The third-order valence-corrected chi connectivity index (χ3v) is 7.18. The van der Waals surface area contributed by atoms with Crippen LogP contribution in [-0.2, 0) is 0 Å². The third kappa shape index (κ3) is 4.26. The highest BCUT2D eigenvalue weighted by Crippen LogP contribution is 2.36. The Morgan fingerprint density at radius 1 is 1.15 bits per heavy atom. The number of imidazole rings is 1. The minimum absolute atomic E-state index is 0.00899. The largest absolute Gasteiger partial charge is 0.366 e. The molecule has 33 heavy (non-hydrogen) atoms. The van der Waals surface area contributed by atoms with E-state index in [-0.39, 0.29) is 18.0 Å². The molecule has 0 aliphatic heterocycles. The summed E-state index contributed by atoms with van der Waals surface area (Å²) in [5.41, 5.74) is 8.35. The number of aryl methyl sites for hydroxylation is 1. The zero-order valence-corrected chi connectivity index (χ0v) is 19.1. The number of hydrogen-bond donors (Lipinski definition) is 2. The van der Waals surface area contributed by atoms with E-state index in [1.807, 2.05) is 43.3 Å². The first-order valence-corrected chi connectivity index (χ1v) is 11.9. The number of thiophene rings is 1. The highest BCUT2D eigenvalue weighted by molar-refractivity contribution is 7.13. The van der Waals surface area contributed by atoms with E-state index in [0.717, 1.165) is 52.5 Å². The number of hydrogen-bond acceptors (Lipinski definition) is 5. The van der Waals surface area contributed by atoms with Crippen molar-refractivity contribution in [3.8, 4) is 11.5 Å². The molecule has 0 saturated heterocycles. The second-order valence-corrected chi connectivity index (χ2v) is 9.78. The number of carbonyl (C=O) groups is 2. The average Bonchev–Trinajstić information content (AvgIpc) is 3.43. The molecule has 168 valence electrons. The lowest BCUT2D eigenvalue weighted by Gasteiger charge is -2.31. The number of nitrogens with two attached hydrogens (primary N) is 1. The van der Waals surface area contributed by atoms with Crippen molar-refractivity contribution < 1.29 is 9.59 Å². The predicted octanol–water partition coefficient (Wildman–Crippen LogP) is 4.48. The fourth-order valence-corrected chi connectivity index (χ4v) is 5.41. The molecule has 1 fully saturated rings. The maximum Gasteiger partial charge on any atom is 0.261 e. The molecule has 3 N–H and O–H groups in total. The highest BCUT2D eigenvalue weighted by atomic mass is 32.1. The maximum absolute atomic E-state index is 12.7. The number of rotatable bonds is 5. The van der Waals surface area contributed by atoms with Crippen LogP contribution in [0.2, 0.25) is 0 Å². The van der Waals surface area contributed by atoms with Crippen molar-refractivity contribution in [2.24, 2.45) is 5.73 Å². The molecule has 0 spiro atoms. The summed E-state index contributed by atoms with van der Waals surface area (Å²) in [6.45, 7) is 2.00.